The molecule has 2 unspecified atom stereocenters. The molecule has 2 aliphatic heterocycles. The maximum Gasteiger partial charge on any atom is 0.410 e. The molecule has 5 heteroatoms. The Labute approximate surface area is 135 Å². The predicted octanol–water partition coefficient (Wildman–Crippen LogP) is 2.32. The number of nitrogens with zero attached hydrogens (tertiary/aromatic N) is 2. The van der Waals surface area contributed by atoms with Gasteiger partial charge in [-0.05, 0) is 59.5 Å². The van der Waals surface area contributed by atoms with Crippen LogP contribution in [0.25, 0.3) is 0 Å². The summed E-state index contributed by atoms with van der Waals surface area (Å²) in [5.41, 5.74) is -0.408. The second-order valence-corrected chi connectivity index (χ2v) is 7.83. The number of likely N-dealkylation sites (tertiary alicyclic amines) is 2. The van der Waals surface area contributed by atoms with E-state index in [1.807, 2.05) is 20.8 Å². The van der Waals surface area contributed by atoms with Crippen LogP contribution in [0.2, 0.25) is 0 Å². The zero-order valence-electron chi connectivity index (χ0n) is 14.9. The van der Waals surface area contributed by atoms with Gasteiger partial charge in [-0.2, -0.15) is 0 Å². The first-order chi connectivity index (χ1) is 10.3. The third-order valence-electron chi connectivity index (χ3n) is 4.73. The Bertz CT molecular complexity index is 375. The Hall–Kier alpha value is -0.810. The molecule has 5 nitrogen and oxygen atoms in total. The van der Waals surface area contributed by atoms with Crippen LogP contribution in [0.5, 0.6) is 0 Å². The molecule has 2 atom stereocenters. The van der Waals surface area contributed by atoms with Gasteiger partial charge in [0, 0.05) is 31.7 Å². The quantitative estimate of drug-likeness (QED) is 0.865. The van der Waals surface area contributed by atoms with Gasteiger partial charge in [0.15, 0.2) is 0 Å². The lowest BCUT2D eigenvalue weighted by Gasteiger charge is -2.43. The molecule has 0 aliphatic carbocycles. The van der Waals surface area contributed by atoms with Gasteiger partial charge in [-0.3, -0.25) is 0 Å². The normalized spacial score (nSPS) is 25.7. The Kier molecular flexibility index (Phi) is 5.72. The molecule has 1 amide bonds. The van der Waals surface area contributed by atoms with Crippen molar-refractivity contribution < 1.29 is 9.53 Å². The van der Waals surface area contributed by atoms with E-state index in [0.29, 0.717) is 12.1 Å². The van der Waals surface area contributed by atoms with Crippen molar-refractivity contribution in [1.29, 1.82) is 0 Å². The van der Waals surface area contributed by atoms with Crippen LogP contribution >= 0.6 is 0 Å². The summed E-state index contributed by atoms with van der Waals surface area (Å²) in [6.45, 7) is 15.4. The fourth-order valence-electron chi connectivity index (χ4n) is 3.35. The monoisotopic (exact) mass is 311 g/mol. The lowest BCUT2D eigenvalue weighted by molar-refractivity contribution is 0.00285. The van der Waals surface area contributed by atoms with Crippen molar-refractivity contribution in [3.8, 4) is 0 Å². The molecular formula is C17H33N3O2. The molecule has 2 saturated heterocycles. The summed E-state index contributed by atoms with van der Waals surface area (Å²) < 4.78 is 5.39. The molecule has 2 rings (SSSR count). The van der Waals surface area contributed by atoms with E-state index >= 15 is 0 Å². The van der Waals surface area contributed by atoms with E-state index in [1.54, 1.807) is 4.90 Å². The molecule has 0 aromatic carbocycles. The second-order valence-electron chi connectivity index (χ2n) is 7.83. The van der Waals surface area contributed by atoms with Crippen LogP contribution in [-0.2, 0) is 4.74 Å². The number of hydrogen-bond acceptors (Lipinski definition) is 4. The largest absolute Gasteiger partial charge is 0.444 e. The standard InChI is InChI=1S/C17H33N3O2/c1-6-19-9-7-8-14(10-19)13(2)18-15-11-20(12-15)16(21)22-17(3,4)5/h13-15,18H,6-12H2,1-5H3. The Morgan fingerprint density at radius 1 is 1.32 bits per heavy atom. The molecule has 0 saturated carbocycles. The van der Waals surface area contributed by atoms with Crippen molar-refractivity contribution in [1.82, 2.24) is 15.1 Å². The molecule has 0 aromatic rings. The highest BCUT2D eigenvalue weighted by atomic mass is 16.6. The first-order valence-corrected chi connectivity index (χ1v) is 8.75. The Morgan fingerprint density at radius 3 is 2.59 bits per heavy atom. The first-order valence-electron chi connectivity index (χ1n) is 8.75. The first kappa shape index (κ1) is 17.5. The zero-order valence-corrected chi connectivity index (χ0v) is 14.9. The average Bonchev–Trinajstić information content (AvgIpc) is 2.40. The molecule has 1 N–H and O–H groups in total. The maximum absolute atomic E-state index is 11.9. The van der Waals surface area contributed by atoms with E-state index < -0.39 is 5.60 Å². The molecule has 0 radical (unpaired) electrons. The number of hydrogen-bond donors (Lipinski definition) is 1. The summed E-state index contributed by atoms with van der Waals surface area (Å²) in [6, 6.07) is 0.930. The van der Waals surface area contributed by atoms with Crippen molar-refractivity contribution in [3.05, 3.63) is 0 Å². The second kappa shape index (κ2) is 7.18. The van der Waals surface area contributed by atoms with Crippen LogP contribution in [0.4, 0.5) is 4.79 Å². The highest BCUT2D eigenvalue weighted by molar-refractivity contribution is 5.69. The third-order valence-corrected chi connectivity index (χ3v) is 4.73. The third kappa shape index (κ3) is 4.85. The van der Waals surface area contributed by atoms with Crippen LogP contribution in [0, 0.1) is 5.92 Å². The van der Waals surface area contributed by atoms with Gasteiger partial charge in [0.05, 0.1) is 0 Å². The number of carbonyl (C=O) groups is 1. The van der Waals surface area contributed by atoms with Crippen molar-refractivity contribution in [2.75, 3.05) is 32.7 Å². The minimum atomic E-state index is -0.408. The lowest BCUT2D eigenvalue weighted by atomic mass is 9.90. The van der Waals surface area contributed by atoms with Crippen LogP contribution in [-0.4, -0.2) is 66.3 Å². The van der Waals surface area contributed by atoms with Gasteiger partial charge in [0.25, 0.3) is 0 Å². The highest BCUT2D eigenvalue weighted by Crippen LogP contribution is 2.21. The predicted molar refractivity (Wildman–Crippen MR) is 89.0 cm³/mol. The molecule has 0 bridgehead atoms. The number of nitrogens with one attached hydrogen (secondary N) is 1. The fourth-order valence-corrected chi connectivity index (χ4v) is 3.35. The summed E-state index contributed by atoms with van der Waals surface area (Å²) in [4.78, 5) is 16.3. The van der Waals surface area contributed by atoms with Crippen molar-refractivity contribution in [3.63, 3.8) is 0 Å². The van der Waals surface area contributed by atoms with Gasteiger partial charge in [0.1, 0.15) is 5.60 Å². The molecule has 22 heavy (non-hydrogen) atoms. The minimum Gasteiger partial charge on any atom is -0.444 e. The van der Waals surface area contributed by atoms with Crippen LogP contribution < -0.4 is 5.32 Å². The molecule has 2 aliphatic rings. The van der Waals surface area contributed by atoms with Gasteiger partial charge in [0.2, 0.25) is 0 Å². The van der Waals surface area contributed by atoms with E-state index in [0.717, 1.165) is 25.6 Å². The van der Waals surface area contributed by atoms with Gasteiger partial charge < -0.3 is 19.9 Å². The molecule has 128 valence electrons. The summed E-state index contributed by atoms with van der Waals surface area (Å²) in [5.74, 6) is 0.726. The van der Waals surface area contributed by atoms with Gasteiger partial charge in [-0.1, -0.05) is 6.92 Å². The van der Waals surface area contributed by atoms with Gasteiger partial charge >= 0.3 is 6.09 Å². The number of piperidine rings is 1. The van der Waals surface area contributed by atoms with E-state index in [-0.39, 0.29) is 6.09 Å². The van der Waals surface area contributed by atoms with Gasteiger partial charge in [-0.15, -0.1) is 0 Å². The topological polar surface area (TPSA) is 44.8 Å². The lowest BCUT2D eigenvalue weighted by Crippen LogP contribution is -2.63. The molecule has 0 spiro atoms. The Morgan fingerprint density at radius 2 is 2.00 bits per heavy atom. The minimum absolute atomic E-state index is 0.187. The van der Waals surface area contributed by atoms with Crippen LogP contribution in [0.3, 0.4) is 0 Å². The van der Waals surface area contributed by atoms with Crippen LogP contribution in [0.15, 0.2) is 0 Å². The Balaban J connectivity index is 1.69. The van der Waals surface area contributed by atoms with E-state index in [4.69, 9.17) is 4.74 Å². The van der Waals surface area contributed by atoms with Crippen molar-refractivity contribution in [2.45, 2.75) is 65.1 Å². The van der Waals surface area contributed by atoms with Crippen molar-refractivity contribution in [2.24, 2.45) is 5.92 Å². The molecule has 2 heterocycles. The zero-order chi connectivity index (χ0) is 16.3. The highest BCUT2D eigenvalue weighted by Gasteiger charge is 2.35. The van der Waals surface area contributed by atoms with Crippen molar-refractivity contribution >= 4 is 6.09 Å². The average molecular weight is 311 g/mol. The smallest absolute Gasteiger partial charge is 0.410 e. The summed E-state index contributed by atoms with van der Waals surface area (Å²) in [5, 5.41) is 3.70. The fraction of sp³-hybridized carbons (Fsp3) is 0.941. The van der Waals surface area contributed by atoms with Gasteiger partial charge in [-0.25, -0.2) is 4.79 Å². The van der Waals surface area contributed by atoms with E-state index in [2.05, 4.69) is 24.1 Å². The molecule has 0 aromatic heterocycles. The molecule has 2 fully saturated rings. The maximum atomic E-state index is 11.9. The number of amides is 1. The van der Waals surface area contributed by atoms with E-state index in [9.17, 15) is 4.79 Å². The van der Waals surface area contributed by atoms with E-state index in [1.165, 1.54) is 25.9 Å². The summed E-state index contributed by atoms with van der Waals surface area (Å²) in [6.07, 6.45) is 2.43. The SMILES string of the molecule is CCN1CCCC(C(C)NC2CN(C(=O)OC(C)(C)C)C2)C1. The molecular weight excluding hydrogens is 278 g/mol. The summed E-state index contributed by atoms with van der Waals surface area (Å²) in [7, 11) is 0. The number of ether oxygens (including phenoxy) is 1. The van der Waals surface area contributed by atoms with Crippen LogP contribution in [0.1, 0.15) is 47.5 Å². The number of carbonyl (C=O) groups excluding carboxylic acids is 1. The number of rotatable bonds is 4. The summed E-state index contributed by atoms with van der Waals surface area (Å²) >= 11 is 0.